The van der Waals surface area contributed by atoms with Gasteiger partial charge in [-0.1, -0.05) is 6.42 Å². The number of ether oxygens (including phenoxy) is 1. The Balaban J connectivity index is 1.75. The van der Waals surface area contributed by atoms with E-state index < -0.39 is 11.2 Å². The van der Waals surface area contributed by atoms with Crippen LogP contribution in [0, 0.1) is 17.8 Å². The molecular weight excluding hydrogens is 224 g/mol. The van der Waals surface area contributed by atoms with Gasteiger partial charge in [-0.2, -0.15) is 0 Å². The third-order valence-corrected chi connectivity index (χ3v) is 5.85. The first-order valence-corrected chi connectivity index (χ1v) is 7.63. The largest absolute Gasteiger partial charge is 0.387 e. The van der Waals surface area contributed by atoms with Crippen LogP contribution in [0.3, 0.4) is 0 Å². The van der Waals surface area contributed by atoms with Crippen LogP contribution >= 0.6 is 0 Å². The van der Waals surface area contributed by atoms with Crippen molar-refractivity contribution in [1.82, 2.24) is 0 Å². The van der Waals surface area contributed by atoms with Gasteiger partial charge in [-0.3, -0.25) is 0 Å². The standard InChI is InChI=1S/C16H28O2/c1-14(2)10-16(17,15(3,4)18-14)9-13-8-11-5-6-12(13)7-11/h11-13,17H,5-10H2,1-4H3. The van der Waals surface area contributed by atoms with E-state index in [1.165, 1.54) is 25.7 Å². The van der Waals surface area contributed by atoms with Crippen LogP contribution in [0.5, 0.6) is 0 Å². The van der Waals surface area contributed by atoms with Gasteiger partial charge in [-0.05, 0) is 71.1 Å². The van der Waals surface area contributed by atoms with E-state index in [0.717, 1.165) is 30.6 Å². The van der Waals surface area contributed by atoms with Gasteiger partial charge >= 0.3 is 0 Å². The van der Waals surface area contributed by atoms with Gasteiger partial charge in [-0.15, -0.1) is 0 Å². The zero-order chi connectivity index (χ0) is 13.2. The molecular formula is C16H28O2. The van der Waals surface area contributed by atoms with Crippen LogP contribution < -0.4 is 0 Å². The average Bonchev–Trinajstić information content (AvgIpc) is 2.78. The molecule has 3 aliphatic rings. The summed E-state index contributed by atoms with van der Waals surface area (Å²) in [5.74, 6) is 2.59. The van der Waals surface area contributed by atoms with Gasteiger partial charge in [-0.25, -0.2) is 0 Å². The summed E-state index contributed by atoms with van der Waals surface area (Å²) in [5.41, 5.74) is -1.22. The Bertz CT molecular complexity index is 347. The number of hydrogen-bond acceptors (Lipinski definition) is 2. The summed E-state index contributed by atoms with van der Waals surface area (Å²) in [7, 11) is 0. The molecule has 2 bridgehead atoms. The highest BCUT2D eigenvalue weighted by Crippen LogP contribution is 2.55. The lowest BCUT2D eigenvalue weighted by atomic mass is 9.72. The maximum atomic E-state index is 11.1. The van der Waals surface area contributed by atoms with Gasteiger partial charge in [0.1, 0.15) is 0 Å². The fourth-order valence-electron chi connectivity index (χ4n) is 5.12. The SMILES string of the molecule is CC1(C)CC(O)(CC2CC3CCC2C3)C(C)(C)O1. The van der Waals surface area contributed by atoms with Crippen LogP contribution in [0.1, 0.15) is 66.2 Å². The molecule has 0 aromatic rings. The minimum absolute atomic E-state index is 0.185. The summed E-state index contributed by atoms with van der Waals surface area (Å²) in [6.07, 6.45) is 7.33. The molecule has 0 amide bonds. The van der Waals surface area contributed by atoms with Crippen molar-refractivity contribution in [2.75, 3.05) is 0 Å². The third-order valence-electron chi connectivity index (χ3n) is 5.85. The lowest BCUT2D eigenvalue weighted by molar-refractivity contribution is -0.134. The molecule has 2 heteroatoms. The number of aliphatic hydroxyl groups is 1. The molecule has 0 aromatic heterocycles. The first-order valence-electron chi connectivity index (χ1n) is 7.63. The van der Waals surface area contributed by atoms with E-state index in [1.807, 2.05) is 0 Å². The fourth-order valence-corrected chi connectivity index (χ4v) is 5.12. The van der Waals surface area contributed by atoms with Crippen LogP contribution in [0.15, 0.2) is 0 Å². The first-order chi connectivity index (χ1) is 8.21. The summed E-state index contributed by atoms with van der Waals surface area (Å²) >= 11 is 0. The summed E-state index contributed by atoms with van der Waals surface area (Å²) in [6.45, 7) is 8.34. The van der Waals surface area contributed by atoms with Crippen LogP contribution in [-0.2, 0) is 4.74 Å². The highest BCUT2D eigenvalue weighted by Gasteiger charge is 2.58. The zero-order valence-electron chi connectivity index (χ0n) is 12.3. The second-order valence-electron chi connectivity index (χ2n) is 8.22. The monoisotopic (exact) mass is 252 g/mol. The zero-order valence-corrected chi connectivity index (χ0v) is 12.3. The summed E-state index contributed by atoms with van der Waals surface area (Å²) in [6, 6.07) is 0. The van der Waals surface area contributed by atoms with Crippen molar-refractivity contribution in [2.45, 2.75) is 83.0 Å². The minimum atomic E-state index is -0.633. The van der Waals surface area contributed by atoms with Crippen molar-refractivity contribution in [3.63, 3.8) is 0 Å². The lowest BCUT2D eigenvalue weighted by Gasteiger charge is -2.38. The average molecular weight is 252 g/mol. The molecule has 2 nitrogen and oxygen atoms in total. The summed E-state index contributed by atoms with van der Waals surface area (Å²) in [5, 5.41) is 11.1. The molecule has 3 fully saturated rings. The second kappa shape index (κ2) is 3.73. The Labute approximate surface area is 111 Å². The van der Waals surface area contributed by atoms with Gasteiger partial charge in [0, 0.05) is 6.42 Å². The van der Waals surface area contributed by atoms with Gasteiger partial charge in [0.2, 0.25) is 0 Å². The van der Waals surface area contributed by atoms with Gasteiger partial charge < -0.3 is 9.84 Å². The van der Waals surface area contributed by atoms with Crippen LogP contribution in [0.25, 0.3) is 0 Å². The normalized spacial score (nSPS) is 48.8. The van der Waals surface area contributed by atoms with Crippen molar-refractivity contribution < 1.29 is 9.84 Å². The van der Waals surface area contributed by atoms with E-state index in [1.54, 1.807) is 0 Å². The van der Waals surface area contributed by atoms with E-state index in [0.29, 0.717) is 0 Å². The van der Waals surface area contributed by atoms with E-state index in [-0.39, 0.29) is 5.60 Å². The van der Waals surface area contributed by atoms with E-state index >= 15 is 0 Å². The number of hydrogen-bond donors (Lipinski definition) is 1. The Kier molecular flexibility index (Phi) is 2.68. The van der Waals surface area contributed by atoms with E-state index in [4.69, 9.17) is 4.74 Å². The molecule has 0 aromatic carbocycles. The maximum absolute atomic E-state index is 11.1. The molecule has 18 heavy (non-hydrogen) atoms. The second-order valence-corrected chi connectivity index (χ2v) is 8.22. The van der Waals surface area contributed by atoms with Gasteiger partial charge in [0.05, 0.1) is 16.8 Å². The number of rotatable bonds is 2. The molecule has 4 unspecified atom stereocenters. The summed E-state index contributed by atoms with van der Waals surface area (Å²) < 4.78 is 6.09. The first kappa shape index (κ1) is 12.9. The molecule has 3 rings (SSSR count). The van der Waals surface area contributed by atoms with Crippen molar-refractivity contribution in [3.8, 4) is 0 Å². The van der Waals surface area contributed by atoms with E-state index in [2.05, 4.69) is 27.7 Å². The van der Waals surface area contributed by atoms with E-state index in [9.17, 15) is 5.11 Å². The third kappa shape index (κ3) is 1.92. The maximum Gasteiger partial charge on any atom is 0.0960 e. The molecule has 4 atom stereocenters. The van der Waals surface area contributed by atoms with Crippen molar-refractivity contribution in [1.29, 1.82) is 0 Å². The van der Waals surface area contributed by atoms with Gasteiger partial charge in [0.25, 0.3) is 0 Å². The molecule has 1 saturated heterocycles. The molecule has 104 valence electrons. The smallest absolute Gasteiger partial charge is 0.0960 e. The Morgan fingerprint density at radius 2 is 1.83 bits per heavy atom. The lowest BCUT2D eigenvalue weighted by Crippen LogP contribution is -2.48. The molecule has 1 heterocycles. The molecule has 0 spiro atoms. The summed E-state index contributed by atoms with van der Waals surface area (Å²) in [4.78, 5) is 0. The topological polar surface area (TPSA) is 29.5 Å². The fraction of sp³-hybridized carbons (Fsp3) is 1.00. The highest BCUT2D eigenvalue weighted by atomic mass is 16.5. The van der Waals surface area contributed by atoms with Crippen molar-refractivity contribution >= 4 is 0 Å². The molecule has 2 aliphatic carbocycles. The molecule has 2 saturated carbocycles. The molecule has 1 aliphatic heterocycles. The molecule has 1 N–H and O–H groups in total. The van der Waals surface area contributed by atoms with Crippen LogP contribution in [-0.4, -0.2) is 21.9 Å². The van der Waals surface area contributed by atoms with Crippen LogP contribution in [0.4, 0.5) is 0 Å². The van der Waals surface area contributed by atoms with Crippen molar-refractivity contribution in [2.24, 2.45) is 17.8 Å². The van der Waals surface area contributed by atoms with Crippen molar-refractivity contribution in [3.05, 3.63) is 0 Å². The predicted molar refractivity (Wildman–Crippen MR) is 72.4 cm³/mol. The number of fused-ring (bicyclic) bond motifs is 2. The Morgan fingerprint density at radius 1 is 1.11 bits per heavy atom. The highest BCUT2D eigenvalue weighted by molar-refractivity contribution is 5.08. The predicted octanol–water partition coefficient (Wildman–Crippen LogP) is 3.52. The van der Waals surface area contributed by atoms with Crippen LogP contribution in [0.2, 0.25) is 0 Å². The quantitative estimate of drug-likeness (QED) is 0.815. The Hall–Kier alpha value is -0.0800. The minimum Gasteiger partial charge on any atom is -0.387 e. The molecule has 0 radical (unpaired) electrons. The van der Waals surface area contributed by atoms with Gasteiger partial charge in [0.15, 0.2) is 0 Å². The Morgan fingerprint density at radius 3 is 2.28 bits per heavy atom.